The highest BCUT2D eigenvalue weighted by Crippen LogP contribution is 2.22. The van der Waals surface area contributed by atoms with Gasteiger partial charge in [-0.2, -0.15) is 0 Å². The zero-order chi connectivity index (χ0) is 9.80. The summed E-state index contributed by atoms with van der Waals surface area (Å²) in [5.41, 5.74) is 0. The van der Waals surface area contributed by atoms with Gasteiger partial charge in [-0.15, -0.1) is 0 Å². The van der Waals surface area contributed by atoms with E-state index in [-0.39, 0.29) is 6.10 Å². The van der Waals surface area contributed by atoms with E-state index in [1.165, 1.54) is 19.3 Å². The lowest BCUT2D eigenvalue weighted by Crippen LogP contribution is -2.27. The standard InChI is InChI=1S/C10H17IO3/c11-9-6-12-7-10(9)14-5-4-13-8-2-1-3-8/h8-10H,1-7H2. The fraction of sp³-hybridized carbons (Fsp3) is 1.00. The van der Waals surface area contributed by atoms with Gasteiger partial charge in [0.2, 0.25) is 0 Å². The van der Waals surface area contributed by atoms with E-state index in [1.54, 1.807) is 0 Å². The summed E-state index contributed by atoms with van der Waals surface area (Å²) in [6.07, 6.45) is 4.61. The molecule has 0 amide bonds. The second-order valence-electron chi connectivity index (χ2n) is 3.89. The SMILES string of the molecule is IC1COCC1OCCOC1CCC1. The highest BCUT2D eigenvalue weighted by atomic mass is 127. The zero-order valence-electron chi connectivity index (χ0n) is 8.28. The average Bonchev–Trinajstić information content (AvgIpc) is 2.48. The van der Waals surface area contributed by atoms with Crippen molar-refractivity contribution in [2.24, 2.45) is 0 Å². The maximum Gasteiger partial charge on any atom is 0.0949 e. The van der Waals surface area contributed by atoms with Crippen LogP contribution in [0.5, 0.6) is 0 Å². The van der Waals surface area contributed by atoms with Crippen molar-refractivity contribution in [3.05, 3.63) is 0 Å². The van der Waals surface area contributed by atoms with Gasteiger partial charge in [-0.1, -0.05) is 22.6 Å². The molecule has 0 bridgehead atoms. The Morgan fingerprint density at radius 1 is 1.14 bits per heavy atom. The Balaban J connectivity index is 1.49. The summed E-state index contributed by atoms with van der Waals surface area (Å²) >= 11 is 2.39. The predicted molar refractivity (Wildman–Crippen MR) is 62.0 cm³/mol. The van der Waals surface area contributed by atoms with Crippen LogP contribution in [0.1, 0.15) is 19.3 Å². The van der Waals surface area contributed by atoms with Crippen molar-refractivity contribution >= 4 is 22.6 Å². The first kappa shape index (κ1) is 11.1. The second-order valence-corrected chi connectivity index (χ2v) is 5.49. The summed E-state index contributed by atoms with van der Waals surface area (Å²) in [4.78, 5) is 0. The normalized spacial score (nSPS) is 33.2. The number of alkyl halides is 1. The van der Waals surface area contributed by atoms with Crippen molar-refractivity contribution in [3.8, 4) is 0 Å². The van der Waals surface area contributed by atoms with Crippen molar-refractivity contribution in [1.29, 1.82) is 0 Å². The van der Waals surface area contributed by atoms with Crippen molar-refractivity contribution in [2.75, 3.05) is 26.4 Å². The molecule has 2 atom stereocenters. The first-order chi connectivity index (χ1) is 6.86. The lowest BCUT2D eigenvalue weighted by Gasteiger charge is -2.25. The van der Waals surface area contributed by atoms with Gasteiger partial charge in [0.05, 0.1) is 42.6 Å². The lowest BCUT2D eigenvalue weighted by molar-refractivity contribution is -0.0452. The fourth-order valence-corrected chi connectivity index (χ4v) is 2.28. The summed E-state index contributed by atoms with van der Waals surface area (Å²) < 4.78 is 17.1. The molecular formula is C10H17IO3. The Hall–Kier alpha value is 0.610. The van der Waals surface area contributed by atoms with Crippen LogP contribution in [0.4, 0.5) is 0 Å². The Morgan fingerprint density at radius 2 is 1.93 bits per heavy atom. The van der Waals surface area contributed by atoms with Crippen LogP contribution in [0.2, 0.25) is 0 Å². The number of hydrogen-bond donors (Lipinski definition) is 0. The van der Waals surface area contributed by atoms with E-state index >= 15 is 0 Å². The van der Waals surface area contributed by atoms with E-state index in [9.17, 15) is 0 Å². The quantitative estimate of drug-likeness (QED) is 0.440. The van der Waals surface area contributed by atoms with Gasteiger partial charge in [-0.05, 0) is 19.3 Å². The van der Waals surface area contributed by atoms with Crippen molar-refractivity contribution in [3.63, 3.8) is 0 Å². The molecule has 0 aromatic carbocycles. The van der Waals surface area contributed by atoms with Gasteiger partial charge >= 0.3 is 0 Å². The second kappa shape index (κ2) is 5.63. The molecule has 4 heteroatoms. The van der Waals surface area contributed by atoms with E-state index in [1.807, 2.05) is 0 Å². The van der Waals surface area contributed by atoms with E-state index in [0.717, 1.165) is 19.8 Å². The minimum absolute atomic E-state index is 0.278. The summed E-state index contributed by atoms with van der Waals surface area (Å²) in [7, 11) is 0. The molecule has 0 aromatic rings. The van der Waals surface area contributed by atoms with Crippen LogP contribution >= 0.6 is 22.6 Å². The third-order valence-corrected chi connectivity index (χ3v) is 3.95. The predicted octanol–water partition coefficient (Wildman–Crippen LogP) is 1.77. The number of ether oxygens (including phenoxy) is 3. The molecule has 82 valence electrons. The molecule has 1 heterocycles. The number of rotatable bonds is 5. The van der Waals surface area contributed by atoms with Crippen LogP contribution in [0.3, 0.4) is 0 Å². The highest BCUT2D eigenvalue weighted by Gasteiger charge is 2.26. The summed E-state index contributed by atoms with van der Waals surface area (Å²) in [5, 5.41) is 0. The molecule has 2 rings (SSSR count). The largest absolute Gasteiger partial charge is 0.378 e. The monoisotopic (exact) mass is 312 g/mol. The van der Waals surface area contributed by atoms with E-state index < -0.39 is 0 Å². The van der Waals surface area contributed by atoms with Crippen LogP contribution in [-0.4, -0.2) is 42.6 Å². The third kappa shape index (κ3) is 3.05. The Morgan fingerprint density at radius 3 is 2.50 bits per heavy atom. The molecule has 1 aliphatic heterocycles. The van der Waals surface area contributed by atoms with Crippen LogP contribution in [0, 0.1) is 0 Å². The molecule has 3 nitrogen and oxygen atoms in total. The van der Waals surface area contributed by atoms with Crippen molar-refractivity contribution in [2.45, 2.75) is 35.4 Å². The first-order valence-corrected chi connectivity index (χ1v) is 6.56. The van der Waals surface area contributed by atoms with E-state index in [2.05, 4.69) is 22.6 Å². The molecule has 1 aliphatic carbocycles. The van der Waals surface area contributed by atoms with Gasteiger partial charge in [0.15, 0.2) is 0 Å². The minimum atomic E-state index is 0.278. The summed E-state index contributed by atoms with van der Waals surface area (Å²) in [6.45, 7) is 3.03. The van der Waals surface area contributed by atoms with Gasteiger partial charge in [0.1, 0.15) is 0 Å². The Kier molecular flexibility index (Phi) is 4.46. The van der Waals surface area contributed by atoms with Crippen LogP contribution in [-0.2, 0) is 14.2 Å². The molecule has 0 aromatic heterocycles. The smallest absolute Gasteiger partial charge is 0.0949 e. The number of hydrogen-bond acceptors (Lipinski definition) is 3. The molecule has 0 spiro atoms. The average molecular weight is 312 g/mol. The Labute approximate surface area is 98.6 Å². The summed E-state index contributed by atoms with van der Waals surface area (Å²) in [6, 6.07) is 0. The molecule has 1 saturated heterocycles. The van der Waals surface area contributed by atoms with E-state index in [4.69, 9.17) is 14.2 Å². The van der Waals surface area contributed by atoms with Gasteiger partial charge in [-0.3, -0.25) is 0 Å². The van der Waals surface area contributed by atoms with Crippen molar-refractivity contribution in [1.82, 2.24) is 0 Å². The van der Waals surface area contributed by atoms with Crippen LogP contribution in [0.25, 0.3) is 0 Å². The number of halogens is 1. The molecule has 1 saturated carbocycles. The molecule has 0 radical (unpaired) electrons. The van der Waals surface area contributed by atoms with Gasteiger partial charge in [0, 0.05) is 0 Å². The molecule has 2 fully saturated rings. The maximum absolute atomic E-state index is 5.68. The topological polar surface area (TPSA) is 27.7 Å². The molecular weight excluding hydrogens is 295 g/mol. The maximum atomic E-state index is 5.68. The van der Waals surface area contributed by atoms with Gasteiger partial charge in [0.25, 0.3) is 0 Å². The van der Waals surface area contributed by atoms with Crippen LogP contribution in [0.15, 0.2) is 0 Å². The van der Waals surface area contributed by atoms with Gasteiger partial charge in [-0.25, -0.2) is 0 Å². The third-order valence-electron chi connectivity index (χ3n) is 2.78. The lowest BCUT2D eigenvalue weighted by atomic mass is 9.96. The minimum Gasteiger partial charge on any atom is -0.378 e. The van der Waals surface area contributed by atoms with Crippen molar-refractivity contribution < 1.29 is 14.2 Å². The van der Waals surface area contributed by atoms with E-state index in [0.29, 0.717) is 16.6 Å². The molecule has 2 aliphatic rings. The van der Waals surface area contributed by atoms with Gasteiger partial charge < -0.3 is 14.2 Å². The fourth-order valence-electron chi connectivity index (χ4n) is 1.61. The zero-order valence-corrected chi connectivity index (χ0v) is 10.4. The Bertz CT molecular complexity index is 173. The molecule has 14 heavy (non-hydrogen) atoms. The molecule has 2 unspecified atom stereocenters. The summed E-state index contributed by atoms with van der Waals surface area (Å²) in [5.74, 6) is 0. The first-order valence-electron chi connectivity index (χ1n) is 5.31. The van der Waals surface area contributed by atoms with Crippen LogP contribution < -0.4 is 0 Å². The highest BCUT2D eigenvalue weighted by molar-refractivity contribution is 14.1. The molecule has 0 N–H and O–H groups in total.